The van der Waals surface area contributed by atoms with Crippen molar-refractivity contribution in [3.63, 3.8) is 0 Å². The molecule has 4 nitrogen and oxygen atoms in total. The van der Waals surface area contributed by atoms with Crippen LogP contribution in [0.15, 0.2) is 18.2 Å². The van der Waals surface area contributed by atoms with E-state index in [1.54, 1.807) is 17.0 Å². The van der Waals surface area contributed by atoms with Crippen molar-refractivity contribution in [3.05, 3.63) is 29.6 Å². The highest BCUT2D eigenvalue weighted by Gasteiger charge is 2.29. The highest BCUT2D eigenvalue weighted by atomic mass is 19.1. The van der Waals surface area contributed by atoms with Gasteiger partial charge in [-0.05, 0) is 55.4 Å². The summed E-state index contributed by atoms with van der Waals surface area (Å²) in [5, 5.41) is 12.0. The van der Waals surface area contributed by atoms with Crippen LogP contribution >= 0.6 is 0 Å². The minimum atomic E-state index is -0.213. The summed E-state index contributed by atoms with van der Waals surface area (Å²) in [6, 6.07) is 4.42. The van der Waals surface area contributed by atoms with Gasteiger partial charge in [0, 0.05) is 12.2 Å². The molecule has 0 bridgehead atoms. The van der Waals surface area contributed by atoms with Gasteiger partial charge in [-0.3, -0.25) is 0 Å². The zero-order valence-electron chi connectivity index (χ0n) is 11.3. The van der Waals surface area contributed by atoms with Crippen molar-refractivity contribution in [1.29, 1.82) is 0 Å². The summed E-state index contributed by atoms with van der Waals surface area (Å²) < 4.78 is 13.7. The van der Waals surface area contributed by atoms with Gasteiger partial charge in [-0.25, -0.2) is 9.18 Å². The summed E-state index contributed by atoms with van der Waals surface area (Å²) in [5.41, 5.74) is 1.32. The number of amides is 2. The second-order valence-electron chi connectivity index (χ2n) is 5.61. The minimum Gasteiger partial charge on any atom is -0.394 e. The number of carbonyl (C=O) groups excluding carboxylic acids is 1. The van der Waals surface area contributed by atoms with Crippen LogP contribution in [0.4, 0.5) is 14.9 Å². The maximum atomic E-state index is 13.7. The molecular weight excluding hydrogens is 259 g/mol. The number of halogens is 1. The van der Waals surface area contributed by atoms with Gasteiger partial charge in [0.25, 0.3) is 0 Å². The van der Waals surface area contributed by atoms with Crippen molar-refractivity contribution >= 4 is 11.7 Å². The Morgan fingerprint density at radius 2 is 2.20 bits per heavy atom. The molecule has 0 radical (unpaired) electrons. The lowest BCUT2D eigenvalue weighted by atomic mass is 10.1. The number of hydrogen-bond donors (Lipinski definition) is 2. The number of nitrogens with one attached hydrogen (secondary N) is 1. The lowest BCUT2D eigenvalue weighted by Crippen LogP contribution is -2.40. The Morgan fingerprint density at radius 1 is 1.40 bits per heavy atom. The first kappa shape index (κ1) is 13.4. The van der Waals surface area contributed by atoms with Crippen LogP contribution in [0, 0.1) is 5.82 Å². The molecule has 0 aromatic heterocycles. The van der Waals surface area contributed by atoms with E-state index in [4.69, 9.17) is 0 Å². The Labute approximate surface area is 117 Å². The van der Waals surface area contributed by atoms with Gasteiger partial charge in [-0.2, -0.15) is 0 Å². The van der Waals surface area contributed by atoms with E-state index in [0.29, 0.717) is 23.7 Å². The number of nitrogens with zero attached hydrogens (tertiary/aromatic N) is 1. The highest BCUT2D eigenvalue weighted by molar-refractivity contribution is 5.89. The molecule has 5 heteroatoms. The average molecular weight is 278 g/mol. The number of anilines is 1. The molecule has 1 aliphatic carbocycles. The number of urea groups is 1. The summed E-state index contributed by atoms with van der Waals surface area (Å²) in [6.07, 6.45) is 3.79. The fourth-order valence-electron chi connectivity index (χ4n) is 2.82. The van der Waals surface area contributed by atoms with Crippen LogP contribution in [0.2, 0.25) is 0 Å². The Morgan fingerprint density at radius 3 is 2.90 bits per heavy atom. The monoisotopic (exact) mass is 278 g/mol. The molecule has 1 aromatic rings. The van der Waals surface area contributed by atoms with E-state index in [1.165, 1.54) is 6.07 Å². The van der Waals surface area contributed by atoms with Crippen molar-refractivity contribution in [3.8, 4) is 0 Å². The van der Waals surface area contributed by atoms with Gasteiger partial charge >= 0.3 is 6.03 Å². The van der Waals surface area contributed by atoms with Crippen LogP contribution in [-0.4, -0.2) is 35.2 Å². The molecule has 0 unspecified atom stereocenters. The molecule has 1 aromatic carbocycles. The fourth-order valence-corrected chi connectivity index (χ4v) is 2.82. The summed E-state index contributed by atoms with van der Waals surface area (Å²) in [6.45, 7) is 0.651. The summed E-state index contributed by atoms with van der Waals surface area (Å²) in [4.78, 5) is 13.8. The molecule has 2 aliphatic rings. The summed E-state index contributed by atoms with van der Waals surface area (Å²) >= 11 is 0. The molecule has 1 aliphatic heterocycles. The summed E-state index contributed by atoms with van der Waals surface area (Å²) in [7, 11) is 0. The van der Waals surface area contributed by atoms with Crippen molar-refractivity contribution in [1.82, 2.24) is 4.90 Å². The van der Waals surface area contributed by atoms with Crippen LogP contribution in [0.3, 0.4) is 0 Å². The van der Waals surface area contributed by atoms with Crippen LogP contribution in [0.25, 0.3) is 0 Å². The second kappa shape index (κ2) is 5.40. The summed E-state index contributed by atoms with van der Waals surface area (Å²) in [5.74, 6) is 0.115. The van der Waals surface area contributed by atoms with E-state index in [2.05, 4.69) is 5.32 Å². The Bertz CT molecular complexity index is 517. The van der Waals surface area contributed by atoms with Crippen molar-refractivity contribution in [2.45, 2.75) is 37.6 Å². The van der Waals surface area contributed by atoms with E-state index >= 15 is 0 Å². The third kappa shape index (κ3) is 2.63. The molecule has 0 spiro atoms. The molecule has 2 fully saturated rings. The zero-order valence-corrected chi connectivity index (χ0v) is 11.3. The van der Waals surface area contributed by atoms with E-state index in [1.807, 2.05) is 0 Å². The fraction of sp³-hybridized carbons (Fsp3) is 0.533. The number of aliphatic hydroxyl groups excluding tert-OH is 1. The number of aliphatic hydroxyl groups is 1. The Hall–Kier alpha value is -1.62. The molecule has 3 rings (SSSR count). The van der Waals surface area contributed by atoms with Gasteiger partial charge in [-0.1, -0.05) is 0 Å². The first-order chi connectivity index (χ1) is 9.69. The number of benzene rings is 1. The van der Waals surface area contributed by atoms with E-state index in [0.717, 1.165) is 25.7 Å². The first-order valence-electron chi connectivity index (χ1n) is 7.17. The molecule has 1 atom stereocenters. The number of rotatable bonds is 3. The molecule has 2 amide bonds. The molecule has 1 saturated heterocycles. The zero-order chi connectivity index (χ0) is 14.1. The standard InChI is InChI=1S/C15H19FN2O2/c16-14-6-5-11(8-13(14)10-3-4-10)17-15(20)18-7-1-2-12(18)9-19/h5-6,8,10,12,19H,1-4,7,9H2,(H,17,20)/t12-/m1/s1. The van der Waals surface area contributed by atoms with Gasteiger partial charge in [0.05, 0.1) is 12.6 Å². The van der Waals surface area contributed by atoms with Crippen LogP contribution < -0.4 is 5.32 Å². The van der Waals surface area contributed by atoms with Gasteiger partial charge in [-0.15, -0.1) is 0 Å². The SMILES string of the molecule is O=C(Nc1ccc(F)c(C2CC2)c1)N1CCC[C@@H]1CO. The topological polar surface area (TPSA) is 52.6 Å². The molecular formula is C15H19FN2O2. The molecule has 108 valence electrons. The smallest absolute Gasteiger partial charge is 0.322 e. The van der Waals surface area contributed by atoms with Crippen molar-refractivity contribution in [2.75, 3.05) is 18.5 Å². The third-order valence-electron chi connectivity index (χ3n) is 4.11. The van der Waals surface area contributed by atoms with E-state index in [-0.39, 0.29) is 24.5 Å². The van der Waals surface area contributed by atoms with Gasteiger partial charge in [0.1, 0.15) is 5.82 Å². The van der Waals surface area contributed by atoms with E-state index in [9.17, 15) is 14.3 Å². The lowest BCUT2D eigenvalue weighted by molar-refractivity contribution is 0.166. The third-order valence-corrected chi connectivity index (χ3v) is 4.11. The second-order valence-corrected chi connectivity index (χ2v) is 5.61. The first-order valence-corrected chi connectivity index (χ1v) is 7.17. The number of hydrogen-bond acceptors (Lipinski definition) is 2. The number of carbonyl (C=O) groups is 1. The molecule has 1 heterocycles. The number of likely N-dealkylation sites (tertiary alicyclic amines) is 1. The predicted molar refractivity (Wildman–Crippen MR) is 74.2 cm³/mol. The van der Waals surface area contributed by atoms with Crippen molar-refractivity contribution in [2.24, 2.45) is 0 Å². The normalized spacial score (nSPS) is 22.1. The average Bonchev–Trinajstić information content (AvgIpc) is 3.17. The maximum Gasteiger partial charge on any atom is 0.322 e. The molecule has 1 saturated carbocycles. The Balaban J connectivity index is 1.71. The van der Waals surface area contributed by atoms with Crippen LogP contribution in [0.1, 0.15) is 37.2 Å². The quantitative estimate of drug-likeness (QED) is 0.893. The Kier molecular flexibility index (Phi) is 3.61. The van der Waals surface area contributed by atoms with Gasteiger partial charge in [0.15, 0.2) is 0 Å². The van der Waals surface area contributed by atoms with Crippen LogP contribution in [-0.2, 0) is 0 Å². The molecule has 20 heavy (non-hydrogen) atoms. The van der Waals surface area contributed by atoms with Crippen LogP contribution in [0.5, 0.6) is 0 Å². The lowest BCUT2D eigenvalue weighted by Gasteiger charge is -2.23. The predicted octanol–water partition coefficient (Wildman–Crippen LogP) is 2.69. The highest BCUT2D eigenvalue weighted by Crippen LogP contribution is 2.42. The van der Waals surface area contributed by atoms with Crippen molar-refractivity contribution < 1.29 is 14.3 Å². The molecule has 2 N–H and O–H groups in total. The largest absolute Gasteiger partial charge is 0.394 e. The van der Waals surface area contributed by atoms with Gasteiger partial charge < -0.3 is 15.3 Å². The van der Waals surface area contributed by atoms with Gasteiger partial charge in [0.2, 0.25) is 0 Å². The maximum absolute atomic E-state index is 13.7. The van der Waals surface area contributed by atoms with E-state index < -0.39 is 0 Å². The minimum absolute atomic E-state index is 0.00976.